The molecule has 19 heavy (non-hydrogen) atoms. The second kappa shape index (κ2) is 5.81. The molecule has 0 fully saturated rings. The van der Waals surface area contributed by atoms with Gasteiger partial charge in [-0.25, -0.2) is 0 Å². The predicted molar refractivity (Wildman–Crippen MR) is 63.5 cm³/mol. The Bertz CT molecular complexity index is 380. The number of aliphatic imine (C=N–C) groups is 1. The van der Waals surface area contributed by atoms with Gasteiger partial charge in [0, 0.05) is 12.8 Å². The summed E-state index contributed by atoms with van der Waals surface area (Å²) >= 11 is 0. The van der Waals surface area contributed by atoms with Crippen LogP contribution in [0.5, 0.6) is 0 Å². The van der Waals surface area contributed by atoms with E-state index in [0.717, 1.165) is 31.8 Å². The summed E-state index contributed by atoms with van der Waals surface area (Å²) in [5, 5.41) is 0. The zero-order chi connectivity index (χ0) is 13.9. The van der Waals surface area contributed by atoms with Crippen molar-refractivity contribution in [1.29, 1.82) is 0 Å². The van der Waals surface area contributed by atoms with Crippen LogP contribution in [0.4, 0.5) is 13.2 Å². The third-order valence-electron chi connectivity index (χ3n) is 3.22. The average molecular weight is 278 g/mol. The highest BCUT2D eigenvalue weighted by Crippen LogP contribution is 2.29. The summed E-state index contributed by atoms with van der Waals surface area (Å²) in [6.45, 7) is 0. The lowest BCUT2D eigenvalue weighted by Gasteiger charge is -2.14. The minimum Gasteiger partial charge on any atom is -0.484 e. The van der Waals surface area contributed by atoms with E-state index >= 15 is 0 Å². The molecule has 0 aromatic heterocycles. The van der Waals surface area contributed by atoms with Crippen molar-refractivity contribution in [2.75, 3.05) is 7.11 Å². The second-order valence-corrected chi connectivity index (χ2v) is 4.70. The number of allylic oxidation sites excluding steroid dienone is 1. The quantitative estimate of drug-likeness (QED) is 0.844. The monoisotopic (exact) mass is 278 g/mol. The van der Waals surface area contributed by atoms with Crippen LogP contribution in [0.3, 0.4) is 0 Å². The highest BCUT2D eigenvalue weighted by molar-refractivity contribution is 5.76. The molecule has 2 atom stereocenters. The lowest BCUT2D eigenvalue weighted by Crippen LogP contribution is -2.23. The van der Waals surface area contributed by atoms with Crippen molar-refractivity contribution in [3.63, 3.8) is 0 Å². The first-order valence-corrected chi connectivity index (χ1v) is 6.30. The second-order valence-electron chi connectivity index (χ2n) is 4.70. The van der Waals surface area contributed by atoms with Gasteiger partial charge in [0.25, 0.3) is 0 Å². The minimum absolute atomic E-state index is 0.0481. The molecule has 108 valence electrons. The first-order chi connectivity index (χ1) is 8.99. The molecule has 2 aliphatic heterocycles. The fourth-order valence-corrected chi connectivity index (χ4v) is 2.24. The summed E-state index contributed by atoms with van der Waals surface area (Å²) in [6.07, 6.45) is 0.156. The Morgan fingerprint density at radius 3 is 2.89 bits per heavy atom. The minimum atomic E-state index is -4.39. The van der Waals surface area contributed by atoms with Gasteiger partial charge in [0.05, 0.1) is 13.2 Å². The van der Waals surface area contributed by atoms with Crippen molar-refractivity contribution in [2.45, 2.75) is 50.4 Å². The normalized spacial score (nSPS) is 28.2. The summed E-state index contributed by atoms with van der Waals surface area (Å²) < 4.78 is 42.4. The zero-order valence-corrected chi connectivity index (χ0v) is 10.7. The van der Waals surface area contributed by atoms with Gasteiger partial charge in [0.1, 0.15) is 11.8 Å². The molecule has 0 saturated heterocycles. The molecule has 0 spiro atoms. The molecular formula is C12H17F3N2O2. The maximum atomic E-state index is 12.4. The van der Waals surface area contributed by atoms with Gasteiger partial charge < -0.3 is 4.74 Å². The average Bonchev–Trinajstić information content (AvgIpc) is 2.69. The Hall–Kier alpha value is -1.24. The highest BCUT2D eigenvalue weighted by atomic mass is 19.4. The van der Waals surface area contributed by atoms with Crippen LogP contribution in [-0.4, -0.2) is 31.3 Å². The maximum absolute atomic E-state index is 12.4. The Kier molecular flexibility index (Phi) is 4.34. The van der Waals surface area contributed by atoms with Gasteiger partial charge >= 0.3 is 6.18 Å². The van der Waals surface area contributed by atoms with Crippen LogP contribution < -0.4 is 5.48 Å². The number of hydroxylamine groups is 1. The molecule has 2 aliphatic rings. The SMILES string of the molecule is COC1=NC(CC2C=C(C(F)(F)F)NO2)CCCC1. The van der Waals surface area contributed by atoms with E-state index in [4.69, 9.17) is 9.57 Å². The lowest BCUT2D eigenvalue weighted by atomic mass is 10.0. The molecule has 0 aromatic carbocycles. The van der Waals surface area contributed by atoms with Gasteiger partial charge in [-0.15, -0.1) is 0 Å². The van der Waals surface area contributed by atoms with E-state index in [2.05, 4.69) is 4.99 Å². The van der Waals surface area contributed by atoms with Crippen molar-refractivity contribution < 1.29 is 22.7 Å². The Balaban J connectivity index is 1.96. The molecule has 2 unspecified atom stereocenters. The van der Waals surface area contributed by atoms with E-state index in [9.17, 15) is 13.2 Å². The van der Waals surface area contributed by atoms with Crippen molar-refractivity contribution in [3.8, 4) is 0 Å². The number of rotatable bonds is 2. The number of methoxy groups -OCH3 is 1. The van der Waals surface area contributed by atoms with Crippen LogP contribution in [-0.2, 0) is 9.57 Å². The summed E-state index contributed by atoms with van der Waals surface area (Å²) in [7, 11) is 1.57. The fourth-order valence-electron chi connectivity index (χ4n) is 2.24. The van der Waals surface area contributed by atoms with Crippen LogP contribution in [0.15, 0.2) is 16.8 Å². The topological polar surface area (TPSA) is 42.8 Å². The van der Waals surface area contributed by atoms with Crippen LogP contribution >= 0.6 is 0 Å². The van der Waals surface area contributed by atoms with Crippen molar-refractivity contribution in [2.24, 2.45) is 4.99 Å². The molecule has 0 bridgehead atoms. The van der Waals surface area contributed by atoms with Crippen LogP contribution in [0, 0.1) is 0 Å². The molecule has 4 nitrogen and oxygen atoms in total. The van der Waals surface area contributed by atoms with E-state index in [1.807, 2.05) is 5.48 Å². The van der Waals surface area contributed by atoms with Gasteiger partial charge in [-0.2, -0.15) is 13.2 Å². The van der Waals surface area contributed by atoms with Crippen LogP contribution in [0.25, 0.3) is 0 Å². The third kappa shape index (κ3) is 3.86. The fraction of sp³-hybridized carbons (Fsp3) is 0.750. The first-order valence-electron chi connectivity index (χ1n) is 6.30. The summed E-state index contributed by atoms with van der Waals surface area (Å²) in [5.74, 6) is 0.675. The van der Waals surface area contributed by atoms with Crippen molar-refractivity contribution >= 4 is 5.90 Å². The van der Waals surface area contributed by atoms with Crippen LogP contribution in [0.1, 0.15) is 32.1 Å². The molecular weight excluding hydrogens is 261 g/mol. The van der Waals surface area contributed by atoms with Crippen molar-refractivity contribution in [1.82, 2.24) is 5.48 Å². The Morgan fingerprint density at radius 1 is 1.47 bits per heavy atom. The van der Waals surface area contributed by atoms with Gasteiger partial charge in [0.2, 0.25) is 0 Å². The molecule has 0 radical (unpaired) electrons. The molecule has 2 rings (SSSR count). The summed E-state index contributed by atoms with van der Waals surface area (Å²) in [6, 6.07) is -0.0481. The third-order valence-corrected chi connectivity index (χ3v) is 3.22. The smallest absolute Gasteiger partial charge is 0.432 e. The molecule has 0 aliphatic carbocycles. The summed E-state index contributed by atoms with van der Waals surface area (Å²) in [4.78, 5) is 9.35. The number of nitrogens with one attached hydrogen (secondary N) is 1. The molecule has 7 heteroatoms. The first kappa shape index (κ1) is 14.2. The molecule has 0 saturated carbocycles. The van der Waals surface area contributed by atoms with E-state index in [0.29, 0.717) is 12.3 Å². The van der Waals surface area contributed by atoms with Gasteiger partial charge in [-0.1, -0.05) is 6.42 Å². The maximum Gasteiger partial charge on any atom is 0.432 e. The van der Waals surface area contributed by atoms with E-state index in [1.54, 1.807) is 7.11 Å². The Labute approximate surface area is 109 Å². The number of hydrogen-bond acceptors (Lipinski definition) is 4. The predicted octanol–water partition coefficient (Wildman–Crippen LogP) is 2.71. The lowest BCUT2D eigenvalue weighted by molar-refractivity contribution is -0.110. The van der Waals surface area contributed by atoms with Crippen molar-refractivity contribution in [3.05, 3.63) is 11.8 Å². The standard InChI is InChI=1S/C12H17F3N2O2/c1-18-11-5-3-2-4-8(16-11)6-9-7-10(17-19-9)12(13,14)15/h7-9,17H,2-6H2,1H3. The number of nitrogens with zero attached hydrogens (tertiary/aromatic N) is 1. The number of ether oxygens (including phenoxy) is 1. The number of alkyl halides is 3. The molecule has 1 N–H and O–H groups in total. The number of hydrogen-bond donors (Lipinski definition) is 1. The highest BCUT2D eigenvalue weighted by Gasteiger charge is 2.38. The Morgan fingerprint density at radius 2 is 2.26 bits per heavy atom. The zero-order valence-electron chi connectivity index (χ0n) is 10.7. The molecule has 0 aromatic rings. The largest absolute Gasteiger partial charge is 0.484 e. The van der Waals surface area contributed by atoms with Gasteiger partial charge in [-0.3, -0.25) is 15.3 Å². The molecule has 2 heterocycles. The van der Waals surface area contributed by atoms with E-state index in [1.165, 1.54) is 0 Å². The van der Waals surface area contributed by atoms with Gasteiger partial charge in [0.15, 0.2) is 5.90 Å². The van der Waals surface area contributed by atoms with Crippen LogP contribution in [0.2, 0.25) is 0 Å². The van der Waals surface area contributed by atoms with Gasteiger partial charge in [-0.05, 0) is 18.9 Å². The summed E-state index contributed by atoms with van der Waals surface area (Å²) in [5.41, 5.74) is 1.10. The van der Waals surface area contributed by atoms with E-state index < -0.39 is 18.0 Å². The number of halogens is 3. The molecule has 0 amide bonds. The van der Waals surface area contributed by atoms with E-state index in [-0.39, 0.29) is 6.04 Å².